The second-order valence-corrected chi connectivity index (χ2v) is 9.26. The number of H-pyrrole nitrogens is 1. The van der Waals surface area contributed by atoms with E-state index in [0.29, 0.717) is 41.8 Å². The molecular formula is C27H31FN8O3. The molecule has 0 spiro atoms. The molecule has 0 amide bonds. The summed E-state index contributed by atoms with van der Waals surface area (Å²) >= 11 is 0. The lowest BCUT2D eigenvalue weighted by atomic mass is 10.1. The van der Waals surface area contributed by atoms with Gasteiger partial charge in [-0.3, -0.25) is 9.69 Å². The van der Waals surface area contributed by atoms with Crippen molar-refractivity contribution in [3.63, 3.8) is 0 Å². The van der Waals surface area contributed by atoms with Gasteiger partial charge in [0.15, 0.2) is 11.6 Å². The molecule has 1 aliphatic rings. The van der Waals surface area contributed by atoms with Crippen molar-refractivity contribution in [1.82, 2.24) is 24.8 Å². The molecule has 39 heavy (non-hydrogen) atoms. The number of benzene rings is 2. The molecule has 0 bridgehead atoms. The molecule has 2 aromatic heterocycles. The summed E-state index contributed by atoms with van der Waals surface area (Å²) in [6.45, 7) is 6.26. The van der Waals surface area contributed by atoms with Crippen molar-refractivity contribution in [3.05, 3.63) is 70.3 Å². The first kappa shape index (κ1) is 26.3. The van der Waals surface area contributed by atoms with Crippen LogP contribution in [0, 0.1) is 5.82 Å². The Kier molecular flexibility index (Phi) is 7.84. The van der Waals surface area contributed by atoms with E-state index >= 15 is 0 Å². The van der Waals surface area contributed by atoms with Gasteiger partial charge < -0.3 is 30.4 Å². The Bertz CT molecular complexity index is 1490. The number of anilines is 3. The molecule has 4 N–H and O–H groups in total. The van der Waals surface area contributed by atoms with Gasteiger partial charge in [-0.2, -0.15) is 9.97 Å². The first-order valence-electron chi connectivity index (χ1n) is 12.7. The standard InChI is InChI=1S/C27H31FN8O3/c1-17(18-6-8-19(28)9-7-18)35-11-13-36(14-12-35)22-16-23(33-27(32-22)30-10-15-38-2)39-21-5-3-4-20-24(21)34-25(29)26(37)31-20/h3-9,16-17H,10-15H2,1-2H3,(H2,29,34)(H,31,37)(H,30,32,33)/t17-/m1/s1. The van der Waals surface area contributed by atoms with E-state index < -0.39 is 5.56 Å². The quantitative estimate of drug-likeness (QED) is 0.275. The van der Waals surface area contributed by atoms with Gasteiger partial charge in [-0.1, -0.05) is 18.2 Å². The molecule has 11 nitrogen and oxygen atoms in total. The lowest BCUT2D eigenvalue weighted by Gasteiger charge is -2.38. The SMILES string of the molecule is COCCNc1nc(Oc2cccc3[nH]c(=O)c(N)nc23)cc(N2CCN([C@H](C)c3ccc(F)cc3)CC2)n1. The van der Waals surface area contributed by atoms with Crippen molar-refractivity contribution >= 4 is 28.6 Å². The number of hydrogen-bond donors (Lipinski definition) is 3. The number of para-hydroxylation sites is 1. The highest BCUT2D eigenvalue weighted by atomic mass is 19.1. The Balaban J connectivity index is 1.37. The fraction of sp³-hybridized carbons (Fsp3) is 0.333. The van der Waals surface area contributed by atoms with Gasteiger partial charge in [0.2, 0.25) is 11.8 Å². The summed E-state index contributed by atoms with van der Waals surface area (Å²) in [4.78, 5) is 32.6. The van der Waals surface area contributed by atoms with E-state index in [1.165, 1.54) is 12.1 Å². The number of fused-ring (bicyclic) bond motifs is 1. The highest BCUT2D eigenvalue weighted by Crippen LogP contribution is 2.30. The monoisotopic (exact) mass is 534 g/mol. The topological polar surface area (TPSA) is 135 Å². The van der Waals surface area contributed by atoms with Gasteiger partial charge in [0.1, 0.15) is 17.2 Å². The number of nitrogens with two attached hydrogens (primary N) is 1. The predicted molar refractivity (Wildman–Crippen MR) is 148 cm³/mol. The third kappa shape index (κ3) is 6.07. The van der Waals surface area contributed by atoms with E-state index in [1.54, 1.807) is 31.4 Å². The second kappa shape index (κ2) is 11.6. The fourth-order valence-corrected chi connectivity index (χ4v) is 4.55. The minimum Gasteiger partial charge on any atom is -0.436 e. The number of piperazine rings is 1. The van der Waals surface area contributed by atoms with Crippen molar-refractivity contribution in [3.8, 4) is 11.6 Å². The molecule has 1 atom stereocenters. The minimum absolute atomic E-state index is 0.142. The Morgan fingerprint density at radius 1 is 1.10 bits per heavy atom. The van der Waals surface area contributed by atoms with E-state index in [2.05, 4.69) is 37.0 Å². The van der Waals surface area contributed by atoms with Crippen molar-refractivity contribution in [1.29, 1.82) is 0 Å². The molecule has 1 saturated heterocycles. The third-order valence-corrected chi connectivity index (χ3v) is 6.74. The van der Waals surface area contributed by atoms with Gasteiger partial charge in [-0.15, -0.1) is 0 Å². The van der Waals surface area contributed by atoms with E-state index in [9.17, 15) is 9.18 Å². The number of methoxy groups -OCH3 is 1. The third-order valence-electron chi connectivity index (χ3n) is 6.74. The van der Waals surface area contributed by atoms with Crippen molar-refractivity contribution in [2.45, 2.75) is 13.0 Å². The van der Waals surface area contributed by atoms with Crippen molar-refractivity contribution in [2.24, 2.45) is 0 Å². The van der Waals surface area contributed by atoms with Crippen LogP contribution in [0.15, 0.2) is 53.3 Å². The van der Waals surface area contributed by atoms with Crippen LogP contribution in [0.5, 0.6) is 11.6 Å². The Morgan fingerprint density at radius 3 is 2.62 bits per heavy atom. The number of nitrogens with one attached hydrogen (secondary N) is 2. The molecule has 3 heterocycles. The molecule has 1 fully saturated rings. The molecule has 2 aromatic carbocycles. The van der Waals surface area contributed by atoms with Crippen LogP contribution in [0.1, 0.15) is 18.5 Å². The summed E-state index contributed by atoms with van der Waals surface area (Å²) in [5.74, 6) is 1.47. The number of hydrogen-bond acceptors (Lipinski definition) is 10. The maximum Gasteiger partial charge on any atom is 0.290 e. The van der Waals surface area contributed by atoms with Gasteiger partial charge in [0.25, 0.3) is 5.56 Å². The minimum atomic E-state index is -0.457. The molecule has 0 saturated carbocycles. The highest BCUT2D eigenvalue weighted by molar-refractivity contribution is 5.82. The average Bonchev–Trinajstić information content (AvgIpc) is 2.94. The zero-order valence-corrected chi connectivity index (χ0v) is 21.9. The largest absolute Gasteiger partial charge is 0.436 e. The molecule has 0 radical (unpaired) electrons. The van der Waals surface area contributed by atoms with Crippen LogP contribution in [0.25, 0.3) is 11.0 Å². The summed E-state index contributed by atoms with van der Waals surface area (Å²) in [7, 11) is 1.63. The van der Waals surface area contributed by atoms with Gasteiger partial charge in [0, 0.05) is 51.9 Å². The van der Waals surface area contributed by atoms with Crippen molar-refractivity contribution in [2.75, 3.05) is 62.4 Å². The number of aromatic nitrogens is 4. The molecular weight excluding hydrogens is 503 g/mol. The second-order valence-electron chi connectivity index (χ2n) is 9.26. The first-order chi connectivity index (χ1) is 18.9. The molecule has 12 heteroatoms. The van der Waals surface area contributed by atoms with Crippen LogP contribution in [-0.2, 0) is 4.74 Å². The summed E-state index contributed by atoms with van der Waals surface area (Å²) in [5.41, 5.74) is 7.31. The van der Waals surface area contributed by atoms with Crippen molar-refractivity contribution < 1.29 is 13.9 Å². The van der Waals surface area contributed by atoms with Gasteiger partial charge in [-0.25, -0.2) is 9.37 Å². The van der Waals surface area contributed by atoms with Crippen LogP contribution < -0.4 is 26.2 Å². The highest BCUT2D eigenvalue weighted by Gasteiger charge is 2.24. The molecule has 0 aliphatic carbocycles. The number of nitrogens with zero attached hydrogens (tertiary/aromatic N) is 5. The van der Waals surface area contributed by atoms with Crippen LogP contribution in [0.4, 0.5) is 22.0 Å². The van der Waals surface area contributed by atoms with E-state index in [1.807, 2.05) is 12.1 Å². The summed E-state index contributed by atoms with van der Waals surface area (Å²) in [6, 6.07) is 13.9. The Morgan fingerprint density at radius 2 is 1.87 bits per heavy atom. The van der Waals surface area contributed by atoms with Crippen LogP contribution >= 0.6 is 0 Å². The number of rotatable bonds is 9. The number of halogens is 1. The van der Waals surface area contributed by atoms with E-state index in [0.717, 1.165) is 37.6 Å². The summed E-state index contributed by atoms with van der Waals surface area (Å²) in [5, 5.41) is 3.18. The van der Waals surface area contributed by atoms with Gasteiger partial charge in [0.05, 0.1) is 12.1 Å². The zero-order valence-electron chi connectivity index (χ0n) is 21.9. The first-order valence-corrected chi connectivity index (χ1v) is 12.7. The molecule has 4 aromatic rings. The Hall–Kier alpha value is -4.29. The summed E-state index contributed by atoms with van der Waals surface area (Å²) in [6.07, 6.45) is 0. The van der Waals surface area contributed by atoms with Gasteiger partial charge in [-0.05, 0) is 36.8 Å². The predicted octanol–water partition coefficient (Wildman–Crippen LogP) is 3.17. The maximum atomic E-state index is 13.4. The van der Waals surface area contributed by atoms with Crippen LogP contribution in [0.2, 0.25) is 0 Å². The Labute approximate surface area is 224 Å². The molecule has 0 unspecified atom stereocenters. The van der Waals surface area contributed by atoms with E-state index in [4.69, 9.17) is 20.2 Å². The number of aromatic amines is 1. The lowest BCUT2D eigenvalue weighted by molar-refractivity contribution is 0.198. The fourth-order valence-electron chi connectivity index (χ4n) is 4.55. The van der Waals surface area contributed by atoms with Crippen LogP contribution in [0.3, 0.4) is 0 Å². The van der Waals surface area contributed by atoms with Crippen LogP contribution in [-0.4, -0.2) is 71.3 Å². The smallest absolute Gasteiger partial charge is 0.290 e. The molecule has 1 aliphatic heterocycles. The molecule has 5 rings (SSSR count). The van der Waals surface area contributed by atoms with E-state index in [-0.39, 0.29) is 17.7 Å². The van der Waals surface area contributed by atoms with Gasteiger partial charge >= 0.3 is 0 Å². The maximum absolute atomic E-state index is 13.4. The number of ether oxygens (including phenoxy) is 2. The molecule has 204 valence electrons. The zero-order chi connectivity index (χ0) is 27.4. The average molecular weight is 535 g/mol. The normalized spacial score (nSPS) is 14.9. The summed E-state index contributed by atoms with van der Waals surface area (Å²) < 4.78 is 24.7. The lowest BCUT2D eigenvalue weighted by Crippen LogP contribution is -2.47. The number of nitrogen functional groups attached to an aromatic ring is 1.